The predicted molar refractivity (Wildman–Crippen MR) is 286 cm³/mol. The quantitative estimate of drug-likeness (QED) is 0.109. The maximum Gasteiger partial charge on any atom is 0.303 e. The van der Waals surface area contributed by atoms with Crippen molar-refractivity contribution in [3.8, 4) is 11.6 Å². The van der Waals surface area contributed by atoms with Crippen LogP contribution in [0.3, 0.4) is 0 Å². The van der Waals surface area contributed by atoms with Crippen molar-refractivity contribution in [2.75, 3.05) is 0 Å². The third kappa shape index (κ3) is 12.6. The van der Waals surface area contributed by atoms with Crippen molar-refractivity contribution in [2.24, 2.45) is 0 Å². The van der Waals surface area contributed by atoms with E-state index in [4.69, 9.17) is 51.6 Å². The van der Waals surface area contributed by atoms with Crippen LogP contribution in [0.2, 0.25) is 10.3 Å². The number of fused-ring (bicyclic) bond motifs is 4. The molecule has 32 heteroatoms. The van der Waals surface area contributed by atoms with Gasteiger partial charge >= 0.3 is 23.9 Å². The number of nitrogens with zero attached hydrogens (tertiary/aromatic N) is 16. The van der Waals surface area contributed by atoms with E-state index in [1.165, 1.54) is 96.3 Å². The normalized spacial score (nSPS) is 20.0. The van der Waals surface area contributed by atoms with Crippen LogP contribution in [-0.2, 0) is 47.6 Å². The van der Waals surface area contributed by atoms with Gasteiger partial charge in [-0.1, -0.05) is 37.0 Å². The number of carbonyl (C=O) groups excluding carboxylic acids is 4. The molecule has 2 fully saturated rings. The fraction of sp³-hybridized carbons (Fsp3) is 0.320. The van der Waals surface area contributed by atoms with E-state index in [2.05, 4.69) is 69.8 Å². The zero-order valence-corrected chi connectivity index (χ0v) is 45.6. The van der Waals surface area contributed by atoms with Crippen LogP contribution in [0.4, 0.5) is 0 Å². The molecule has 424 valence electrons. The van der Waals surface area contributed by atoms with Crippen molar-refractivity contribution in [3.05, 3.63) is 130 Å². The van der Waals surface area contributed by atoms with Gasteiger partial charge in [-0.15, -0.1) is 0 Å². The molecule has 82 heavy (non-hydrogen) atoms. The van der Waals surface area contributed by atoms with Crippen LogP contribution < -0.4 is 10.9 Å². The second-order valence-electron chi connectivity index (χ2n) is 17.7. The minimum Gasteiger partial charge on any atom is -0.456 e. The molecule has 2 saturated heterocycles. The molecule has 0 spiro atoms. The first-order chi connectivity index (χ1) is 39.5. The second kappa shape index (κ2) is 25.3. The summed E-state index contributed by atoms with van der Waals surface area (Å²) in [6, 6.07) is 5.78. The fourth-order valence-corrected chi connectivity index (χ4v) is 9.20. The Morgan fingerprint density at radius 2 is 0.902 bits per heavy atom. The van der Waals surface area contributed by atoms with Gasteiger partial charge in [0.25, 0.3) is 0 Å². The zero-order chi connectivity index (χ0) is 58.2. The summed E-state index contributed by atoms with van der Waals surface area (Å²) in [5, 5.41) is 0.608. The van der Waals surface area contributed by atoms with E-state index in [1.807, 2.05) is 13.8 Å². The van der Waals surface area contributed by atoms with Crippen LogP contribution in [0, 0.1) is 0 Å². The van der Waals surface area contributed by atoms with Crippen molar-refractivity contribution in [2.45, 2.75) is 103 Å². The Morgan fingerprint density at radius 3 is 1.40 bits per heavy atom. The SMILES string of the molecule is CC[C@H]1O[C@@H](n2cnc3c(-n4ccc(=O)cc4)ncnc32)[C@@H](OC(C)=O)C1OC(C)=O.CC[C@H]1O[C@@H](n2cnc3c(Cl)ncnc32)[C@@H](OC(C)=O)C1OC(C)=O.Clc1ncnc2nc[nH]c12.O=c1ccn(-c2ncnc3nc[nH]c23)cc1. The van der Waals surface area contributed by atoms with Crippen LogP contribution in [0.15, 0.2) is 109 Å². The molecule has 2 unspecified atom stereocenters. The Labute approximate surface area is 471 Å². The number of nitrogens with one attached hydrogen (secondary N) is 2. The highest BCUT2D eigenvalue weighted by Crippen LogP contribution is 2.39. The van der Waals surface area contributed by atoms with Crippen LogP contribution in [0.25, 0.3) is 56.3 Å². The summed E-state index contributed by atoms with van der Waals surface area (Å²) in [4.78, 5) is 124. The van der Waals surface area contributed by atoms with Crippen LogP contribution >= 0.6 is 23.2 Å². The Kier molecular flexibility index (Phi) is 17.6. The molecule has 2 N–H and O–H groups in total. The number of aromatic amines is 2. The highest BCUT2D eigenvalue weighted by Gasteiger charge is 2.51. The van der Waals surface area contributed by atoms with Gasteiger partial charge in [-0.3, -0.25) is 37.9 Å². The smallest absolute Gasteiger partial charge is 0.303 e. The number of rotatable bonds is 10. The summed E-state index contributed by atoms with van der Waals surface area (Å²) in [6.45, 7) is 8.93. The lowest BCUT2D eigenvalue weighted by molar-refractivity contribution is -0.165. The number of pyridine rings is 2. The first-order valence-corrected chi connectivity index (χ1v) is 25.6. The zero-order valence-electron chi connectivity index (χ0n) is 44.1. The first-order valence-electron chi connectivity index (χ1n) is 24.8. The molecule has 10 aromatic rings. The van der Waals surface area contributed by atoms with Gasteiger partial charge < -0.3 is 47.5 Å². The van der Waals surface area contributed by atoms with Gasteiger partial charge in [0, 0.05) is 76.7 Å². The molecule has 8 atom stereocenters. The fourth-order valence-electron chi connectivity index (χ4n) is 8.84. The van der Waals surface area contributed by atoms with Gasteiger partial charge in [0.1, 0.15) is 54.1 Å². The van der Waals surface area contributed by atoms with E-state index in [9.17, 15) is 28.8 Å². The average molecular weight is 1160 g/mol. The average Bonchev–Trinajstić information content (AvgIpc) is 4.44. The highest BCUT2D eigenvalue weighted by molar-refractivity contribution is 6.33. The number of halogens is 2. The third-order valence-electron chi connectivity index (χ3n) is 12.3. The molecule has 0 radical (unpaired) electrons. The lowest BCUT2D eigenvalue weighted by Gasteiger charge is -2.23. The molecule has 0 aromatic carbocycles. The van der Waals surface area contributed by atoms with Gasteiger partial charge in [0.05, 0.1) is 25.3 Å². The number of hydrogen-bond acceptors (Lipinski definition) is 24. The molecule has 0 bridgehead atoms. The van der Waals surface area contributed by atoms with Crippen molar-refractivity contribution in [1.82, 2.24) is 88.0 Å². The number of carbonyl (C=O) groups is 4. The van der Waals surface area contributed by atoms with E-state index < -0.39 is 73.0 Å². The number of imidazole rings is 4. The highest BCUT2D eigenvalue weighted by atomic mass is 35.5. The largest absolute Gasteiger partial charge is 0.456 e. The Morgan fingerprint density at radius 1 is 0.500 bits per heavy atom. The van der Waals surface area contributed by atoms with Crippen LogP contribution in [0.1, 0.15) is 66.8 Å². The Hall–Kier alpha value is -9.52. The summed E-state index contributed by atoms with van der Waals surface area (Å²) >= 11 is 11.7. The van der Waals surface area contributed by atoms with Gasteiger partial charge in [-0.05, 0) is 12.8 Å². The molecule has 30 nitrogen and oxygen atoms in total. The molecule has 0 amide bonds. The predicted octanol–water partition coefficient (Wildman–Crippen LogP) is 4.31. The maximum absolute atomic E-state index is 11.8. The number of H-pyrrole nitrogens is 2. The summed E-state index contributed by atoms with van der Waals surface area (Å²) in [6.07, 6.45) is 13.5. The minimum absolute atomic E-state index is 0.0360. The van der Waals surface area contributed by atoms with E-state index in [0.717, 1.165) is 5.52 Å². The number of ether oxygens (including phenoxy) is 6. The monoisotopic (exact) mass is 1160 g/mol. The standard InChI is InChI=1S/C20H21N5O6.C15H17ClN4O5.C10H7N5O.C5H3ClN4/c1-4-14-16(29-11(2)26)17(30-12(3)27)20(31-14)25-10-23-15-18(21-9-22-19(15)25)24-7-5-13(28)6-8-24;1-4-9-11(23-7(2)21)12(24-8(3)22)15(25-9)20-6-19-10-13(16)17-5-18-14(10)20;16-7-1-3-15(4-2-7)10-8-9(12-5-11-8)13-6-14-10;6-4-3-5(9-1-7-3)10-2-8-4/h5-10,14,16-17,20H,4H2,1-3H3;5-6,9,11-12,15H,4H2,1-3H3;1-6H,(H,11,12,13,14);1-2H,(H,7,8,9,10)/t14-,16?,17+,20-;9-,11?,12+,15-;;/m11../s1. The van der Waals surface area contributed by atoms with Gasteiger partial charge in [0.15, 0.2) is 97.8 Å². The van der Waals surface area contributed by atoms with Gasteiger partial charge in [0.2, 0.25) is 0 Å². The Bertz CT molecular complexity index is 4010. The van der Waals surface area contributed by atoms with Crippen LogP contribution in [-0.4, -0.2) is 149 Å². The molecular formula is C50H48Cl2N18O12. The van der Waals surface area contributed by atoms with Crippen molar-refractivity contribution in [3.63, 3.8) is 0 Å². The van der Waals surface area contributed by atoms with Crippen molar-refractivity contribution < 1.29 is 47.6 Å². The van der Waals surface area contributed by atoms with Crippen molar-refractivity contribution >= 4 is 91.7 Å². The van der Waals surface area contributed by atoms with Crippen molar-refractivity contribution in [1.29, 1.82) is 0 Å². The molecule has 2 aliphatic heterocycles. The molecule has 2 aliphatic rings. The van der Waals surface area contributed by atoms with E-state index >= 15 is 0 Å². The maximum atomic E-state index is 11.8. The van der Waals surface area contributed by atoms with Crippen LogP contribution in [0.5, 0.6) is 0 Å². The molecule has 12 rings (SSSR count). The number of hydrogen-bond donors (Lipinski definition) is 2. The molecule has 12 heterocycles. The number of esters is 4. The molecule has 0 aliphatic carbocycles. The summed E-state index contributed by atoms with van der Waals surface area (Å²) in [5.74, 6) is -0.879. The number of aromatic nitrogens is 18. The summed E-state index contributed by atoms with van der Waals surface area (Å²) in [7, 11) is 0. The van der Waals surface area contributed by atoms with Gasteiger partial charge in [-0.2, -0.15) is 0 Å². The first kappa shape index (κ1) is 57.2. The Balaban J connectivity index is 0.000000141. The molecule has 10 aromatic heterocycles. The molecular weight excluding hydrogens is 1120 g/mol. The minimum atomic E-state index is -0.880. The second-order valence-corrected chi connectivity index (χ2v) is 18.4. The van der Waals surface area contributed by atoms with E-state index in [0.29, 0.717) is 68.8 Å². The lowest BCUT2D eigenvalue weighted by Crippen LogP contribution is -2.38. The lowest BCUT2D eigenvalue weighted by atomic mass is 10.1. The summed E-state index contributed by atoms with van der Waals surface area (Å²) < 4.78 is 40.4. The third-order valence-corrected chi connectivity index (χ3v) is 12.8. The van der Waals surface area contributed by atoms with E-state index in [-0.39, 0.29) is 16.0 Å². The van der Waals surface area contributed by atoms with E-state index in [1.54, 1.807) is 49.4 Å². The topological polar surface area (TPSA) is 364 Å². The summed E-state index contributed by atoms with van der Waals surface area (Å²) in [5.41, 5.74) is 4.19. The van der Waals surface area contributed by atoms with Gasteiger partial charge in [-0.25, -0.2) is 59.8 Å². The molecule has 0 saturated carbocycles.